The van der Waals surface area contributed by atoms with Gasteiger partial charge in [0.15, 0.2) is 24.6 Å². The first-order chi connectivity index (χ1) is 12.6. The zero-order valence-electron chi connectivity index (χ0n) is 15.7. The SMILES string of the molecule is C=CCO[C@@H]1OC(COC(C)=O)[C@H](OC(C)=O)C(OC(C)=O)C1OC(C)=O. The third kappa shape index (κ3) is 7.35. The molecule has 27 heavy (non-hydrogen) atoms. The van der Waals surface area contributed by atoms with E-state index < -0.39 is 54.6 Å². The van der Waals surface area contributed by atoms with E-state index in [0.717, 1.165) is 20.8 Å². The molecule has 1 aliphatic heterocycles. The Morgan fingerprint density at radius 3 is 1.85 bits per heavy atom. The Kier molecular flexibility index (Phi) is 8.89. The van der Waals surface area contributed by atoms with Crippen LogP contribution in [0.3, 0.4) is 0 Å². The number of hydrogen-bond acceptors (Lipinski definition) is 10. The smallest absolute Gasteiger partial charge is 0.303 e. The highest BCUT2D eigenvalue weighted by Crippen LogP contribution is 2.29. The van der Waals surface area contributed by atoms with E-state index >= 15 is 0 Å². The lowest BCUT2D eigenvalue weighted by atomic mass is 9.98. The fourth-order valence-electron chi connectivity index (χ4n) is 2.49. The first kappa shape index (κ1) is 22.6. The first-order valence-corrected chi connectivity index (χ1v) is 8.18. The van der Waals surface area contributed by atoms with Gasteiger partial charge in [-0.2, -0.15) is 0 Å². The van der Waals surface area contributed by atoms with Gasteiger partial charge in [0.1, 0.15) is 12.7 Å². The number of carbonyl (C=O) groups is 4. The first-order valence-electron chi connectivity index (χ1n) is 8.18. The van der Waals surface area contributed by atoms with Crippen LogP contribution in [-0.4, -0.2) is 67.8 Å². The second-order valence-electron chi connectivity index (χ2n) is 5.69. The van der Waals surface area contributed by atoms with Crippen LogP contribution in [0.15, 0.2) is 12.7 Å². The van der Waals surface area contributed by atoms with Gasteiger partial charge in [0.2, 0.25) is 0 Å². The molecule has 0 amide bonds. The minimum atomic E-state index is -1.24. The van der Waals surface area contributed by atoms with Crippen molar-refractivity contribution in [1.29, 1.82) is 0 Å². The molecule has 0 saturated carbocycles. The van der Waals surface area contributed by atoms with Crippen molar-refractivity contribution < 1.29 is 47.6 Å². The summed E-state index contributed by atoms with van der Waals surface area (Å²) in [5.74, 6) is -2.67. The summed E-state index contributed by atoms with van der Waals surface area (Å²) in [6, 6.07) is 0. The summed E-state index contributed by atoms with van der Waals surface area (Å²) < 4.78 is 31.7. The molecule has 0 aliphatic carbocycles. The fourth-order valence-corrected chi connectivity index (χ4v) is 2.49. The quantitative estimate of drug-likeness (QED) is 0.325. The molecule has 1 rings (SSSR count). The number of ether oxygens (including phenoxy) is 6. The van der Waals surface area contributed by atoms with Gasteiger partial charge in [0, 0.05) is 27.7 Å². The van der Waals surface area contributed by atoms with Gasteiger partial charge in [-0.1, -0.05) is 6.08 Å². The highest BCUT2D eigenvalue weighted by Gasteiger charge is 2.52. The van der Waals surface area contributed by atoms with Crippen LogP contribution in [-0.2, 0) is 47.6 Å². The molecule has 0 N–H and O–H groups in total. The second-order valence-corrected chi connectivity index (χ2v) is 5.69. The lowest BCUT2D eigenvalue weighted by Gasteiger charge is -2.43. The maximum absolute atomic E-state index is 11.6. The topological polar surface area (TPSA) is 124 Å². The zero-order chi connectivity index (χ0) is 20.6. The van der Waals surface area contributed by atoms with Crippen LogP contribution in [0.5, 0.6) is 0 Å². The normalized spacial score (nSPS) is 27.2. The predicted molar refractivity (Wildman–Crippen MR) is 88.1 cm³/mol. The van der Waals surface area contributed by atoms with E-state index in [1.807, 2.05) is 0 Å². The van der Waals surface area contributed by atoms with Crippen molar-refractivity contribution in [2.75, 3.05) is 13.2 Å². The van der Waals surface area contributed by atoms with E-state index in [1.54, 1.807) is 0 Å². The molecule has 10 nitrogen and oxygen atoms in total. The summed E-state index contributed by atoms with van der Waals surface area (Å²) in [6.07, 6.45) is -4.41. The largest absolute Gasteiger partial charge is 0.463 e. The van der Waals surface area contributed by atoms with Crippen LogP contribution in [0, 0.1) is 0 Å². The molecule has 1 heterocycles. The van der Waals surface area contributed by atoms with Crippen molar-refractivity contribution in [3.8, 4) is 0 Å². The molecule has 0 spiro atoms. The lowest BCUT2D eigenvalue weighted by Crippen LogP contribution is -2.62. The molecule has 0 radical (unpaired) electrons. The predicted octanol–water partition coefficient (Wildman–Crippen LogP) is 0.272. The minimum absolute atomic E-state index is 0.0355. The number of esters is 4. The monoisotopic (exact) mass is 388 g/mol. The highest BCUT2D eigenvalue weighted by molar-refractivity contribution is 5.68. The minimum Gasteiger partial charge on any atom is -0.463 e. The van der Waals surface area contributed by atoms with Gasteiger partial charge in [-0.25, -0.2) is 0 Å². The van der Waals surface area contributed by atoms with Gasteiger partial charge in [0.05, 0.1) is 6.61 Å². The molecule has 1 aliphatic rings. The van der Waals surface area contributed by atoms with E-state index in [2.05, 4.69) is 6.58 Å². The molecule has 5 atom stereocenters. The molecule has 1 saturated heterocycles. The number of rotatable bonds is 8. The van der Waals surface area contributed by atoms with E-state index in [0.29, 0.717) is 0 Å². The summed E-state index contributed by atoms with van der Waals surface area (Å²) in [6.45, 7) is 7.90. The summed E-state index contributed by atoms with van der Waals surface area (Å²) in [4.78, 5) is 45.8. The molecular formula is C17H24O10. The summed E-state index contributed by atoms with van der Waals surface area (Å²) >= 11 is 0. The highest BCUT2D eigenvalue weighted by atomic mass is 16.7. The Balaban J connectivity index is 3.24. The molecule has 1 fully saturated rings. The summed E-state index contributed by atoms with van der Waals surface area (Å²) in [5.41, 5.74) is 0. The third-order valence-electron chi connectivity index (χ3n) is 3.33. The molecule has 0 bridgehead atoms. The molecule has 0 aromatic rings. The van der Waals surface area contributed by atoms with Gasteiger partial charge >= 0.3 is 23.9 Å². The Morgan fingerprint density at radius 2 is 1.37 bits per heavy atom. The Morgan fingerprint density at radius 1 is 0.852 bits per heavy atom. The van der Waals surface area contributed by atoms with E-state index in [4.69, 9.17) is 28.4 Å². The van der Waals surface area contributed by atoms with Crippen molar-refractivity contribution in [1.82, 2.24) is 0 Å². The van der Waals surface area contributed by atoms with E-state index in [1.165, 1.54) is 13.0 Å². The number of hydrogen-bond donors (Lipinski definition) is 0. The Hall–Kier alpha value is -2.46. The maximum atomic E-state index is 11.6. The van der Waals surface area contributed by atoms with Gasteiger partial charge < -0.3 is 28.4 Å². The van der Waals surface area contributed by atoms with Crippen LogP contribution in [0.2, 0.25) is 0 Å². The fraction of sp³-hybridized carbons (Fsp3) is 0.647. The maximum Gasteiger partial charge on any atom is 0.303 e. The summed E-state index contributed by atoms with van der Waals surface area (Å²) in [7, 11) is 0. The molecule has 0 aromatic carbocycles. The van der Waals surface area contributed by atoms with Gasteiger partial charge in [0.25, 0.3) is 0 Å². The van der Waals surface area contributed by atoms with E-state index in [-0.39, 0.29) is 13.2 Å². The molecule has 0 aromatic heterocycles. The van der Waals surface area contributed by atoms with Gasteiger partial charge in [-0.05, 0) is 0 Å². The Labute approximate surface area is 156 Å². The second kappa shape index (κ2) is 10.6. The molecule has 152 valence electrons. The van der Waals surface area contributed by atoms with Crippen molar-refractivity contribution in [3.05, 3.63) is 12.7 Å². The third-order valence-corrected chi connectivity index (χ3v) is 3.33. The van der Waals surface area contributed by atoms with Crippen molar-refractivity contribution in [2.24, 2.45) is 0 Å². The van der Waals surface area contributed by atoms with Crippen LogP contribution in [0.4, 0.5) is 0 Å². The van der Waals surface area contributed by atoms with Crippen LogP contribution in [0.1, 0.15) is 27.7 Å². The number of carbonyl (C=O) groups excluding carboxylic acids is 4. The van der Waals surface area contributed by atoms with Gasteiger partial charge in [-0.15, -0.1) is 6.58 Å². The standard InChI is InChI=1S/C17H24O10/c1-6-7-22-17-16(26-12(5)21)15(25-11(4)20)14(24-10(3)19)13(27-17)8-23-9(2)18/h6,13-17H,1,7-8H2,2-5H3/t13?,14-,15?,16?,17+/m0/s1. The van der Waals surface area contributed by atoms with E-state index in [9.17, 15) is 19.2 Å². The lowest BCUT2D eigenvalue weighted by molar-refractivity contribution is -0.305. The average Bonchev–Trinajstić information content (AvgIpc) is 2.54. The van der Waals surface area contributed by atoms with Crippen LogP contribution < -0.4 is 0 Å². The average molecular weight is 388 g/mol. The van der Waals surface area contributed by atoms with Gasteiger partial charge in [-0.3, -0.25) is 19.2 Å². The van der Waals surface area contributed by atoms with Crippen LogP contribution in [0.25, 0.3) is 0 Å². The Bertz CT molecular complexity index is 572. The molecule has 10 heteroatoms. The molecule has 3 unspecified atom stereocenters. The van der Waals surface area contributed by atoms with Crippen LogP contribution >= 0.6 is 0 Å². The molecular weight excluding hydrogens is 364 g/mol. The van der Waals surface area contributed by atoms with Crippen molar-refractivity contribution >= 4 is 23.9 Å². The zero-order valence-corrected chi connectivity index (χ0v) is 15.7. The van der Waals surface area contributed by atoms with Crippen molar-refractivity contribution in [2.45, 2.75) is 58.4 Å². The summed E-state index contributed by atoms with van der Waals surface area (Å²) in [5, 5.41) is 0. The van der Waals surface area contributed by atoms with Crippen molar-refractivity contribution in [3.63, 3.8) is 0 Å².